The Labute approximate surface area is 107 Å². The Hall–Kier alpha value is -0.120. The van der Waals surface area contributed by atoms with Gasteiger partial charge in [0.1, 0.15) is 0 Å². The molecule has 0 aromatic heterocycles. The zero-order valence-corrected chi connectivity index (χ0v) is 11.7. The van der Waals surface area contributed by atoms with Crippen LogP contribution in [0.4, 0.5) is 0 Å². The molecule has 2 unspecified atom stereocenters. The average molecular weight is 242 g/mol. The number of hydrogen-bond donors (Lipinski definition) is 1. The lowest BCUT2D eigenvalue weighted by atomic mass is 9.83. The van der Waals surface area contributed by atoms with Gasteiger partial charge in [-0.05, 0) is 38.3 Å². The van der Waals surface area contributed by atoms with E-state index in [-0.39, 0.29) is 0 Å². The quantitative estimate of drug-likeness (QED) is 0.664. The highest BCUT2D eigenvalue weighted by Crippen LogP contribution is 2.27. The zero-order valence-electron chi connectivity index (χ0n) is 11.7. The van der Waals surface area contributed by atoms with Gasteiger partial charge in [-0.2, -0.15) is 0 Å². The minimum atomic E-state index is 0.698. The summed E-state index contributed by atoms with van der Waals surface area (Å²) in [5, 5.41) is 0. The van der Waals surface area contributed by atoms with E-state index in [1.165, 1.54) is 25.7 Å². The molecular formula is C14H30N2O. The smallest absolute Gasteiger partial charge is 0.0593 e. The molecule has 2 N–H and O–H groups in total. The molecule has 0 radical (unpaired) electrons. The summed E-state index contributed by atoms with van der Waals surface area (Å²) in [6.07, 6.45) is 6.48. The molecule has 0 bridgehead atoms. The van der Waals surface area contributed by atoms with Gasteiger partial charge in [-0.3, -0.25) is 4.90 Å². The molecule has 3 heteroatoms. The third-order valence-electron chi connectivity index (χ3n) is 3.92. The van der Waals surface area contributed by atoms with Crippen molar-refractivity contribution in [2.75, 3.05) is 32.8 Å². The fourth-order valence-corrected chi connectivity index (χ4v) is 2.93. The molecule has 0 spiro atoms. The van der Waals surface area contributed by atoms with E-state index in [0.29, 0.717) is 12.0 Å². The molecule has 2 atom stereocenters. The van der Waals surface area contributed by atoms with Crippen molar-refractivity contribution in [1.29, 1.82) is 0 Å². The van der Waals surface area contributed by atoms with E-state index in [1.807, 2.05) is 0 Å². The summed E-state index contributed by atoms with van der Waals surface area (Å²) in [7, 11) is 0. The van der Waals surface area contributed by atoms with Crippen molar-refractivity contribution in [3.05, 3.63) is 0 Å². The van der Waals surface area contributed by atoms with Gasteiger partial charge >= 0.3 is 0 Å². The number of likely N-dealkylation sites (N-methyl/N-ethyl adjacent to an activating group) is 1. The van der Waals surface area contributed by atoms with Gasteiger partial charge < -0.3 is 10.5 Å². The Bertz CT molecular complexity index is 187. The predicted molar refractivity (Wildman–Crippen MR) is 73.2 cm³/mol. The molecule has 1 fully saturated rings. The third kappa shape index (κ3) is 4.94. The summed E-state index contributed by atoms with van der Waals surface area (Å²) in [6.45, 7) is 9.20. The van der Waals surface area contributed by atoms with Crippen molar-refractivity contribution in [2.45, 2.75) is 52.0 Å². The van der Waals surface area contributed by atoms with E-state index in [0.717, 1.165) is 39.3 Å². The fourth-order valence-electron chi connectivity index (χ4n) is 2.93. The molecule has 0 aromatic rings. The van der Waals surface area contributed by atoms with Gasteiger partial charge in [0.15, 0.2) is 0 Å². The van der Waals surface area contributed by atoms with Crippen molar-refractivity contribution in [3.63, 3.8) is 0 Å². The second-order valence-corrected chi connectivity index (χ2v) is 5.09. The molecule has 1 saturated carbocycles. The van der Waals surface area contributed by atoms with Gasteiger partial charge in [0, 0.05) is 19.2 Å². The molecule has 1 aliphatic carbocycles. The van der Waals surface area contributed by atoms with Crippen LogP contribution in [0.3, 0.4) is 0 Å². The monoisotopic (exact) mass is 242 g/mol. The van der Waals surface area contributed by atoms with Crippen molar-refractivity contribution < 1.29 is 4.74 Å². The highest BCUT2D eigenvalue weighted by molar-refractivity contribution is 4.83. The van der Waals surface area contributed by atoms with Crippen LogP contribution < -0.4 is 5.73 Å². The maximum atomic E-state index is 5.90. The maximum absolute atomic E-state index is 5.90. The summed E-state index contributed by atoms with van der Waals surface area (Å²) in [6, 6.07) is 0.698. The molecule has 0 aliphatic heterocycles. The lowest BCUT2D eigenvalue weighted by molar-refractivity contribution is 0.0600. The largest absolute Gasteiger partial charge is 0.380 e. The summed E-state index contributed by atoms with van der Waals surface area (Å²) < 4.78 is 5.60. The van der Waals surface area contributed by atoms with E-state index >= 15 is 0 Å². The third-order valence-corrected chi connectivity index (χ3v) is 3.92. The second-order valence-electron chi connectivity index (χ2n) is 5.09. The maximum Gasteiger partial charge on any atom is 0.0593 e. The molecule has 3 nitrogen and oxygen atoms in total. The van der Waals surface area contributed by atoms with Crippen LogP contribution in [-0.4, -0.2) is 43.8 Å². The number of hydrogen-bond acceptors (Lipinski definition) is 3. The van der Waals surface area contributed by atoms with Crippen molar-refractivity contribution in [3.8, 4) is 0 Å². The standard InChI is InChI=1S/C14H30N2O/c1-3-10-17-11-9-16(4-2)14-8-6-5-7-13(14)12-15/h13-14H,3-12,15H2,1-2H3. The Morgan fingerprint density at radius 2 is 1.94 bits per heavy atom. The van der Waals surface area contributed by atoms with Crippen LogP contribution >= 0.6 is 0 Å². The molecule has 0 amide bonds. The van der Waals surface area contributed by atoms with Gasteiger partial charge in [0.25, 0.3) is 0 Å². The van der Waals surface area contributed by atoms with E-state index in [9.17, 15) is 0 Å². The molecule has 1 aliphatic rings. The number of ether oxygens (including phenoxy) is 1. The molecule has 17 heavy (non-hydrogen) atoms. The highest BCUT2D eigenvalue weighted by Gasteiger charge is 2.27. The van der Waals surface area contributed by atoms with Gasteiger partial charge in [0.2, 0.25) is 0 Å². The van der Waals surface area contributed by atoms with Crippen molar-refractivity contribution in [1.82, 2.24) is 4.90 Å². The van der Waals surface area contributed by atoms with Crippen molar-refractivity contribution in [2.24, 2.45) is 11.7 Å². The Balaban J connectivity index is 2.35. The van der Waals surface area contributed by atoms with Gasteiger partial charge in [0.05, 0.1) is 6.61 Å². The molecule has 102 valence electrons. The first-order chi connectivity index (χ1) is 8.33. The second kappa shape index (κ2) is 8.90. The van der Waals surface area contributed by atoms with Gasteiger partial charge in [-0.25, -0.2) is 0 Å². The Kier molecular flexibility index (Phi) is 7.82. The summed E-state index contributed by atoms with van der Waals surface area (Å²) in [4.78, 5) is 2.58. The number of rotatable bonds is 8. The first-order valence-electron chi connectivity index (χ1n) is 7.35. The predicted octanol–water partition coefficient (Wildman–Crippen LogP) is 2.25. The first kappa shape index (κ1) is 14.9. The van der Waals surface area contributed by atoms with Crippen LogP contribution in [0.1, 0.15) is 46.0 Å². The topological polar surface area (TPSA) is 38.5 Å². The molecule has 0 heterocycles. The lowest BCUT2D eigenvalue weighted by Crippen LogP contribution is -2.46. The average Bonchev–Trinajstić information content (AvgIpc) is 2.39. The number of nitrogens with zero attached hydrogens (tertiary/aromatic N) is 1. The Morgan fingerprint density at radius 1 is 1.18 bits per heavy atom. The molecule has 0 saturated heterocycles. The van der Waals surface area contributed by atoms with Crippen LogP contribution in [0.5, 0.6) is 0 Å². The number of nitrogens with two attached hydrogens (primary N) is 1. The summed E-state index contributed by atoms with van der Waals surface area (Å²) in [5.41, 5.74) is 5.90. The highest BCUT2D eigenvalue weighted by atomic mass is 16.5. The minimum Gasteiger partial charge on any atom is -0.380 e. The van der Waals surface area contributed by atoms with E-state index < -0.39 is 0 Å². The minimum absolute atomic E-state index is 0.698. The van der Waals surface area contributed by atoms with E-state index in [4.69, 9.17) is 10.5 Å². The molecule has 0 aromatic carbocycles. The van der Waals surface area contributed by atoms with Crippen LogP contribution in [0.2, 0.25) is 0 Å². The van der Waals surface area contributed by atoms with Gasteiger partial charge in [-0.15, -0.1) is 0 Å². The molecule has 1 rings (SSSR count). The fraction of sp³-hybridized carbons (Fsp3) is 1.00. The normalized spacial score (nSPS) is 25.4. The summed E-state index contributed by atoms with van der Waals surface area (Å²) in [5.74, 6) is 0.704. The summed E-state index contributed by atoms with van der Waals surface area (Å²) >= 11 is 0. The van der Waals surface area contributed by atoms with Crippen molar-refractivity contribution >= 4 is 0 Å². The lowest BCUT2D eigenvalue weighted by Gasteiger charge is -2.39. The van der Waals surface area contributed by atoms with Crippen LogP contribution in [0.15, 0.2) is 0 Å². The van der Waals surface area contributed by atoms with Gasteiger partial charge in [-0.1, -0.05) is 26.7 Å². The SMILES string of the molecule is CCCOCCN(CC)C1CCCCC1CN. The van der Waals surface area contributed by atoms with E-state index in [2.05, 4.69) is 18.7 Å². The van der Waals surface area contributed by atoms with Crippen LogP contribution in [0.25, 0.3) is 0 Å². The first-order valence-corrected chi connectivity index (χ1v) is 7.35. The Morgan fingerprint density at radius 3 is 2.59 bits per heavy atom. The zero-order chi connectivity index (χ0) is 12.5. The molecular weight excluding hydrogens is 212 g/mol. The van der Waals surface area contributed by atoms with E-state index in [1.54, 1.807) is 0 Å². The van der Waals surface area contributed by atoms with Crippen LogP contribution in [-0.2, 0) is 4.74 Å². The van der Waals surface area contributed by atoms with Crippen LogP contribution in [0, 0.1) is 5.92 Å².